The highest BCUT2D eigenvalue weighted by atomic mass is 32.1. The lowest BCUT2D eigenvalue weighted by atomic mass is 10.2. The number of aliphatic hydroxyl groups is 1. The van der Waals surface area contributed by atoms with Crippen molar-refractivity contribution in [2.24, 2.45) is 0 Å². The molecule has 0 aliphatic heterocycles. The van der Waals surface area contributed by atoms with Gasteiger partial charge in [0.25, 0.3) is 0 Å². The first-order chi connectivity index (χ1) is 5.75. The number of hydrogen-bond acceptors (Lipinski definition) is 3. The third kappa shape index (κ3) is 2.27. The van der Waals surface area contributed by atoms with Gasteiger partial charge in [0.15, 0.2) is 0 Å². The van der Waals surface area contributed by atoms with Crippen LogP contribution in [0, 0.1) is 5.82 Å². The van der Waals surface area contributed by atoms with Gasteiger partial charge in [-0.25, -0.2) is 4.39 Å². The van der Waals surface area contributed by atoms with E-state index >= 15 is 0 Å². The molecule has 2 N–H and O–H groups in total. The van der Waals surface area contributed by atoms with E-state index in [9.17, 15) is 9.50 Å². The van der Waals surface area contributed by atoms with E-state index in [4.69, 9.17) is 0 Å². The summed E-state index contributed by atoms with van der Waals surface area (Å²) in [5.74, 6) is -0.302. The minimum absolute atomic E-state index is 0.302. The monoisotopic (exact) mass is 189 g/mol. The summed E-state index contributed by atoms with van der Waals surface area (Å²) in [6.45, 7) is 0.693. The van der Waals surface area contributed by atoms with Gasteiger partial charge in [0.2, 0.25) is 0 Å². The quantitative estimate of drug-likeness (QED) is 0.753. The number of hydrogen-bond donors (Lipinski definition) is 2. The lowest BCUT2D eigenvalue weighted by Gasteiger charge is -2.07. The molecule has 1 unspecified atom stereocenters. The molecule has 0 fully saturated rings. The molecule has 0 aliphatic rings. The maximum absolute atomic E-state index is 12.9. The Morgan fingerprint density at radius 3 is 3.00 bits per heavy atom. The Hall–Kier alpha value is -0.450. The molecule has 0 spiro atoms. The van der Waals surface area contributed by atoms with Crippen LogP contribution in [0.2, 0.25) is 0 Å². The Morgan fingerprint density at radius 1 is 1.75 bits per heavy atom. The molecule has 1 atom stereocenters. The number of halogens is 1. The van der Waals surface area contributed by atoms with Gasteiger partial charge in [-0.3, -0.25) is 0 Å². The van der Waals surface area contributed by atoms with Gasteiger partial charge in [-0.1, -0.05) is 0 Å². The Balaban J connectivity index is 2.52. The molecule has 4 heteroatoms. The topological polar surface area (TPSA) is 32.3 Å². The molecule has 0 bridgehead atoms. The van der Waals surface area contributed by atoms with E-state index in [1.165, 1.54) is 17.4 Å². The Morgan fingerprint density at radius 2 is 2.50 bits per heavy atom. The van der Waals surface area contributed by atoms with Crippen molar-refractivity contribution in [1.29, 1.82) is 0 Å². The summed E-state index contributed by atoms with van der Waals surface area (Å²) in [4.78, 5) is 0.435. The minimum Gasteiger partial charge on any atom is -0.387 e. The first kappa shape index (κ1) is 9.64. The summed E-state index contributed by atoms with van der Waals surface area (Å²) in [7, 11) is 1.80. The maximum Gasteiger partial charge on any atom is 0.139 e. The van der Waals surface area contributed by atoms with Crippen LogP contribution in [0.1, 0.15) is 17.4 Å². The predicted molar refractivity (Wildman–Crippen MR) is 47.8 cm³/mol. The fourth-order valence-electron chi connectivity index (χ4n) is 0.955. The minimum atomic E-state index is -0.669. The van der Waals surface area contributed by atoms with E-state index in [1.54, 1.807) is 12.4 Å². The highest BCUT2D eigenvalue weighted by Crippen LogP contribution is 2.24. The highest BCUT2D eigenvalue weighted by molar-refractivity contribution is 7.10. The molecule has 12 heavy (non-hydrogen) atoms. The molecular weight excluding hydrogens is 177 g/mol. The van der Waals surface area contributed by atoms with Crippen molar-refractivity contribution in [2.45, 2.75) is 12.5 Å². The van der Waals surface area contributed by atoms with Gasteiger partial charge >= 0.3 is 0 Å². The Bertz CT molecular complexity index is 239. The number of rotatable bonds is 4. The van der Waals surface area contributed by atoms with Crippen LogP contribution >= 0.6 is 11.3 Å². The van der Waals surface area contributed by atoms with Gasteiger partial charge in [-0.05, 0) is 31.5 Å². The van der Waals surface area contributed by atoms with Gasteiger partial charge in [-0.2, -0.15) is 0 Å². The molecule has 68 valence electrons. The van der Waals surface area contributed by atoms with Crippen LogP contribution in [0.4, 0.5) is 4.39 Å². The zero-order chi connectivity index (χ0) is 8.97. The normalized spacial score (nSPS) is 13.2. The maximum atomic E-state index is 12.9. The Labute approximate surface area is 75.0 Å². The summed E-state index contributed by atoms with van der Waals surface area (Å²) in [6.07, 6.45) is -0.119. The molecule has 0 radical (unpaired) electrons. The van der Waals surface area contributed by atoms with Crippen LogP contribution in [0.15, 0.2) is 11.4 Å². The third-order valence-electron chi connectivity index (χ3n) is 1.62. The smallest absolute Gasteiger partial charge is 0.139 e. The van der Waals surface area contributed by atoms with Crippen molar-refractivity contribution in [3.05, 3.63) is 22.1 Å². The molecule has 1 aromatic rings. The molecule has 0 aliphatic carbocycles. The number of thiophene rings is 1. The lowest BCUT2D eigenvalue weighted by Crippen LogP contribution is -2.11. The van der Waals surface area contributed by atoms with Gasteiger partial charge in [0.05, 0.1) is 11.0 Å². The van der Waals surface area contributed by atoms with Crippen LogP contribution < -0.4 is 5.32 Å². The second kappa shape index (κ2) is 4.54. The number of nitrogens with one attached hydrogen (secondary N) is 1. The molecular formula is C8H12FNOS. The molecule has 0 aromatic carbocycles. The Kier molecular flexibility index (Phi) is 3.65. The van der Waals surface area contributed by atoms with Crippen molar-refractivity contribution < 1.29 is 9.50 Å². The molecule has 0 saturated heterocycles. The van der Waals surface area contributed by atoms with Crippen molar-refractivity contribution in [3.8, 4) is 0 Å². The fraction of sp³-hybridized carbons (Fsp3) is 0.500. The standard InChI is InChI=1S/C8H12FNOS/c1-10-4-2-7(11)8-6(9)3-5-12-8/h3,5,7,10-11H,2,4H2,1H3. The SMILES string of the molecule is CNCCC(O)c1sccc1F. The predicted octanol–water partition coefficient (Wildman–Crippen LogP) is 1.53. The van der Waals surface area contributed by atoms with E-state index in [0.29, 0.717) is 17.8 Å². The summed E-state index contributed by atoms with van der Waals surface area (Å²) >= 11 is 1.26. The summed E-state index contributed by atoms with van der Waals surface area (Å²) < 4.78 is 12.9. The molecule has 0 saturated carbocycles. The van der Waals surface area contributed by atoms with Crippen LogP contribution in [0.25, 0.3) is 0 Å². The summed E-state index contributed by atoms with van der Waals surface area (Å²) in [6, 6.07) is 1.38. The molecule has 2 nitrogen and oxygen atoms in total. The van der Waals surface area contributed by atoms with Gasteiger partial charge < -0.3 is 10.4 Å². The first-order valence-electron chi connectivity index (χ1n) is 3.81. The van der Waals surface area contributed by atoms with Crippen LogP contribution in [-0.2, 0) is 0 Å². The van der Waals surface area contributed by atoms with Crippen LogP contribution in [0.5, 0.6) is 0 Å². The largest absolute Gasteiger partial charge is 0.387 e. The van der Waals surface area contributed by atoms with Gasteiger partial charge in [0.1, 0.15) is 5.82 Å². The average molecular weight is 189 g/mol. The van der Waals surface area contributed by atoms with Gasteiger partial charge in [0, 0.05) is 0 Å². The molecule has 0 amide bonds. The van der Waals surface area contributed by atoms with E-state index in [-0.39, 0.29) is 5.82 Å². The van der Waals surface area contributed by atoms with Crippen LogP contribution in [-0.4, -0.2) is 18.7 Å². The second-order valence-electron chi connectivity index (χ2n) is 2.54. The second-order valence-corrected chi connectivity index (χ2v) is 3.49. The lowest BCUT2D eigenvalue weighted by molar-refractivity contribution is 0.167. The van der Waals surface area contributed by atoms with Crippen molar-refractivity contribution in [2.75, 3.05) is 13.6 Å². The molecule has 1 rings (SSSR count). The molecule has 1 heterocycles. The zero-order valence-electron chi connectivity index (χ0n) is 6.88. The van der Waals surface area contributed by atoms with E-state index in [0.717, 1.165) is 0 Å². The van der Waals surface area contributed by atoms with E-state index < -0.39 is 6.10 Å². The first-order valence-corrected chi connectivity index (χ1v) is 4.69. The average Bonchev–Trinajstić information content (AvgIpc) is 2.47. The highest BCUT2D eigenvalue weighted by Gasteiger charge is 2.12. The summed E-state index contributed by atoms with van der Waals surface area (Å²) in [5, 5.41) is 14.0. The van der Waals surface area contributed by atoms with Crippen molar-refractivity contribution >= 4 is 11.3 Å². The van der Waals surface area contributed by atoms with E-state index in [1.807, 2.05) is 0 Å². The van der Waals surface area contributed by atoms with Crippen LogP contribution in [0.3, 0.4) is 0 Å². The molecule has 1 aromatic heterocycles. The van der Waals surface area contributed by atoms with E-state index in [2.05, 4.69) is 5.32 Å². The fourth-order valence-corrected chi connectivity index (χ4v) is 1.75. The zero-order valence-corrected chi connectivity index (χ0v) is 7.70. The van der Waals surface area contributed by atoms with Crippen molar-refractivity contribution in [3.63, 3.8) is 0 Å². The summed E-state index contributed by atoms with van der Waals surface area (Å²) in [5.41, 5.74) is 0. The van der Waals surface area contributed by atoms with Crippen molar-refractivity contribution in [1.82, 2.24) is 5.32 Å². The third-order valence-corrected chi connectivity index (χ3v) is 2.61. The van der Waals surface area contributed by atoms with Gasteiger partial charge in [-0.15, -0.1) is 11.3 Å². The number of aliphatic hydroxyl groups excluding tert-OH is 1.